The quantitative estimate of drug-likeness (QED) is 0.907. The first-order chi connectivity index (χ1) is 8.78. The minimum atomic E-state index is 0.586. The van der Waals surface area contributed by atoms with Crippen LogP contribution >= 0.6 is 11.3 Å². The normalized spacial score (nSPS) is 14.8. The van der Waals surface area contributed by atoms with Crippen LogP contribution in [0.2, 0.25) is 0 Å². The van der Waals surface area contributed by atoms with Crippen molar-refractivity contribution in [3.05, 3.63) is 28.9 Å². The van der Waals surface area contributed by atoms with Crippen molar-refractivity contribution < 1.29 is 0 Å². The van der Waals surface area contributed by atoms with Gasteiger partial charge in [0.05, 0.1) is 10.6 Å². The van der Waals surface area contributed by atoms with Crippen molar-refractivity contribution >= 4 is 17.2 Å². The third-order valence-electron chi connectivity index (χ3n) is 3.14. The van der Waals surface area contributed by atoms with Crippen LogP contribution in [0.4, 0.5) is 5.82 Å². The van der Waals surface area contributed by atoms with Gasteiger partial charge in [0, 0.05) is 18.5 Å². The molecule has 0 aliphatic heterocycles. The van der Waals surface area contributed by atoms with Crippen molar-refractivity contribution in [2.75, 3.05) is 11.9 Å². The van der Waals surface area contributed by atoms with E-state index < -0.39 is 0 Å². The molecule has 1 aliphatic rings. The van der Waals surface area contributed by atoms with E-state index in [-0.39, 0.29) is 0 Å². The number of anilines is 1. The molecule has 1 N–H and O–H groups in total. The maximum atomic E-state index is 4.74. The van der Waals surface area contributed by atoms with Gasteiger partial charge in [-0.2, -0.15) is 0 Å². The Kier molecular flexibility index (Phi) is 3.04. The van der Waals surface area contributed by atoms with Gasteiger partial charge in [0.25, 0.3) is 0 Å². The predicted octanol–water partition coefficient (Wildman–Crippen LogP) is 3.82. The Labute approximate surface area is 111 Å². The molecule has 2 heterocycles. The van der Waals surface area contributed by atoms with Crippen molar-refractivity contribution in [3.63, 3.8) is 0 Å². The number of thiophene rings is 1. The Morgan fingerprint density at radius 2 is 2.22 bits per heavy atom. The van der Waals surface area contributed by atoms with Gasteiger partial charge in [-0.1, -0.05) is 0 Å². The minimum Gasteiger partial charge on any atom is -0.370 e. The fraction of sp³-hybridized carbons (Fsp3) is 0.429. The molecular formula is C14H17N3S. The van der Waals surface area contributed by atoms with E-state index in [1.807, 2.05) is 0 Å². The SMILES string of the molecule is CCNc1cc(-c2sccc2C)nc(C2CC2)n1. The first-order valence-corrected chi connectivity index (χ1v) is 7.33. The fourth-order valence-electron chi connectivity index (χ4n) is 2.01. The monoisotopic (exact) mass is 259 g/mol. The molecule has 2 aromatic rings. The van der Waals surface area contributed by atoms with Gasteiger partial charge in [0.15, 0.2) is 0 Å². The average molecular weight is 259 g/mol. The second-order valence-corrected chi connectivity index (χ2v) is 5.65. The van der Waals surface area contributed by atoms with Gasteiger partial charge in [-0.15, -0.1) is 11.3 Å². The molecule has 1 saturated carbocycles. The van der Waals surface area contributed by atoms with Crippen LogP contribution in [0, 0.1) is 6.92 Å². The number of aromatic nitrogens is 2. The number of rotatable bonds is 4. The van der Waals surface area contributed by atoms with E-state index in [0.717, 1.165) is 23.9 Å². The zero-order valence-electron chi connectivity index (χ0n) is 10.7. The Morgan fingerprint density at radius 1 is 1.39 bits per heavy atom. The number of hydrogen-bond acceptors (Lipinski definition) is 4. The van der Waals surface area contributed by atoms with Gasteiger partial charge in [-0.3, -0.25) is 0 Å². The first-order valence-electron chi connectivity index (χ1n) is 6.45. The Balaban J connectivity index is 2.04. The summed E-state index contributed by atoms with van der Waals surface area (Å²) in [5.41, 5.74) is 2.36. The largest absolute Gasteiger partial charge is 0.370 e. The highest BCUT2D eigenvalue weighted by Crippen LogP contribution is 2.39. The summed E-state index contributed by atoms with van der Waals surface area (Å²) in [7, 11) is 0. The number of nitrogens with zero attached hydrogens (tertiary/aromatic N) is 2. The highest BCUT2D eigenvalue weighted by atomic mass is 32.1. The highest BCUT2D eigenvalue weighted by Gasteiger charge is 2.27. The lowest BCUT2D eigenvalue weighted by Gasteiger charge is -2.08. The standard InChI is InChI=1S/C14H17N3S/c1-3-15-12-8-11(13-9(2)6-7-18-13)16-14(17-12)10-4-5-10/h6-8,10H,3-5H2,1-2H3,(H,15,16,17). The summed E-state index contributed by atoms with van der Waals surface area (Å²) >= 11 is 1.75. The third-order valence-corrected chi connectivity index (χ3v) is 4.18. The molecule has 0 bridgehead atoms. The molecule has 4 heteroatoms. The molecule has 0 amide bonds. The van der Waals surface area contributed by atoms with Crippen molar-refractivity contribution in [2.45, 2.75) is 32.6 Å². The minimum absolute atomic E-state index is 0.586. The first kappa shape index (κ1) is 11.7. The second-order valence-electron chi connectivity index (χ2n) is 4.73. The lowest BCUT2D eigenvalue weighted by atomic mass is 10.2. The van der Waals surface area contributed by atoms with Crippen LogP contribution in [-0.2, 0) is 0 Å². The molecule has 0 aromatic carbocycles. The van der Waals surface area contributed by atoms with Crippen LogP contribution in [0.25, 0.3) is 10.6 Å². The summed E-state index contributed by atoms with van der Waals surface area (Å²) in [6, 6.07) is 4.21. The molecule has 2 aromatic heterocycles. The van der Waals surface area contributed by atoms with E-state index >= 15 is 0 Å². The second kappa shape index (κ2) is 4.69. The molecule has 0 atom stereocenters. The van der Waals surface area contributed by atoms with Crippen LogP contribution in [0.15, 0.2) is 17.5 Å². The predicted molar refractivity (Wildman–Crippen MR) is 76.2 cm³/mol. The zero-order valence-corrected chi connectivity index (χ0v) is 11.5. The smallest absolute Gasteiger partial charge is 0.134 e. The fourth-order valence-corrected chi connectivity index (χ4v) is 2.90. The van der Waals surface area contributed by atoms with Gasteiger partial charge in [-0.05, 0) is 43.7 Å². The van der Waals surface area contributed by atoms with E-state index in [1.54, 1.807) is 11.3 Å². The summed E-state index contributed by atoms with van der Waals surface area (Å²) < 4.78 is 0. The summed E-state index contributed by atoms with van der Waals surface area (Å²) in [4.78, 5) is 10.6. The van der Waals surface area contributed by atoms with Gasteiger partial charge < -0.3 is 5.32 Å². The molecule has 1 aliphatic carbocycles. The van der Waals surface area contributed by atoms with E-state index in [1.165, 1.54) is 23.3 Å². The molecule has 0 spiro atoms. The van der Waals surface area contributed by atoms with Crippen molar-refractivity contribution in [1.29, 1.82) is 0 Å². The van der Waals surface area contributed by atoms with Gasteiger partial charge in [0.2, 0.25) is 0 Å². The summed E-state index contributed by atoms with van der Waals surface area (Å²) in [5.74, 6) is 2.55. The Bertz CT molecular complexity index is 558. The molecule has 0 saturated heterocycles. The molecule has 0 radical (unpaired) electrons. The lowest BCUT2D eigenvalue weighted by molar-refractivity contribution is 0.928. The summed E-state index contributed by atoms with van der Waals surface area (Å²) in [5, 5.41) is 5.43. The molecule has 18 heavy (non-hydrogen) atoms. The molecule has 3 nitrogen and oxygen atoms in total. The van der Waals surface area contributed by atoms with Gasteiger partial charge in [-0.25, -0.2) is 9.97 Å². The molecule has 1 fully saturated rings. The lowest BCUT2D eigenvalue weighted by Crippen LogP contribution is -2.04. The van der Waals surface area contributed by atoms with Crippen LogP contribution in [0.5, 0.6) is 0 Å². The third kappa shape index (κ3) is 2.25. The topological polar surface area (TPSA) is 37.8 Å². The summed E-state index contributed by atoms with van der Waals surface area (Å²) in [6.07, 6.45) is 2.47. The maximum absolute atomic E-state index is 4.74. The van der Waals surface area contributed by atoms with Crippen molar-refractivity contribution in [2.24, 2.45) is 0 Å². The van der Waals surface area contributed by atoms with E-state index in [0.29, 0.717) is 5.92 Å². The van der Waals surface area contributed by atoms with Crippen molar-refractivity contribution in [3.8, 4) is 10.6 Å². The molecule has 94 valence electrons. The molecular weight excluding hydrogens is 242 g/mol. The Morgan fingerprint density at radius 3 is 2.83 bits per heavy atom. The maximum Gasteiger partial charge on any atom is 0.134 e. The number of hydrogen-bond donors (Lipinski definition) is 1. The van der Waals surface area contributed by atoms with Gasteiger partial charge in [0.1, 0.15) is 11.6 Å². The average Bonchev–Trinajstić information content (AvgIpc) is 3.12. The van der Waals surface area contributed by atoms with E-state index in [2.05, 4.69) is 41.7 Å². The van der Waals surface area contributed by atoms with Crippen LogP contribution in [-0.4, -0.2) is 16.5 Å². The number of aryl methyl sites for hydroxylation is 1. The Hall–Kier alpha value is -1.42. The zero-order chi connectivity index (χ0) is 12.5. The van der Waals surface area contributed by atoms with Crippen LogP contribution in [0.3, 0.4) is 0 Å². The molecule has 0 unspecified atom stereocenters. The highest BCUT2D eigenvalue weighted by molar-refractivity contribution is 7.13. The molecule has 3 rings (SSSR count). The van der Waals surface area contributed by atoms with E-state index in [4.69, 9.17) is 4.98 Å². The van der Waals surface area contributed by atoms with Crippen molar-refractivity contribution in [1.82, 2.24) is 9.97 Å². The van der Waals surface area contributed by atoms with Gasteiger partial charge >= 0.3 is 0 Å². The van der Waals surface area contributed by atoms with E-state index in [9.17, 15) is 0 Å². The van der Waals surface area contributed by atoms with Crippen LogP contribution in [0.1, 0.15) is 37.1 Å². The summed E-state index contributed by atoms with van der Waals surface area (Å²) in [6.45, 7) is 5.12. The van der Waals surface area contributed by atoms with Crippen LogP contribution < -0.4 is 5.32 Å². The number of nitrogens with one attached hydrogen (secondary N) is 1.